The topological polar surface area (TPSA) is 15.8 Å². The third kappa shape index (κ3) is 1.83. The number of nitrogens with one attached hydrogen (secondary N) is 1. The first-order chi connectivity index (χ1) is 10.3. The number of aromatic amines is 1. The number of fused-ring (bicyclic) bond motifs is 3. The molecular formula is C19H18NSi. The van der Waals surface area contributed by atoms with Gasteiger partial charge in [0.1, 0.15) is 0 Å². The molecule has 1 radical (unpaired) electrons. The third-order valence-corrected chi connectivity index (χ3v) is 6.18. The lowest BCUT2D eigenvalue weighted by Gasteiger charge is -2.19. The van der Waals surface area contributed by atoms with E-state index in [9.17, 15) is 0 Å². The maximum atomic E-state index is 3.38. The monoisotopic (exact) mass is 288 g/mol. The molecule has 1 atom stereocenters. The van der Waals surface area contributed by atoms with Gasteiger partial charge < -0.3 is 4.98 Å². The van der Waals surface area contributed by atoms with E-state index in [1.165, 1.54) is 33.5 Å². The quantitative estimate of drug-likeness (QED) is 0.632. The summed E-state index contributed by atoms with van der Waals surface area (Å²) >= 11 is 0. The van der Waals surface area contributed by atoms with Crippen LogP contribution < -0.4 is 0 Å². The molecular weight excluding hydrogens is 270 g/mol. The van der Waals surface area contributed by atoms with Crippen molar-refractivity contribution in [2.75, 3.05) is 0 Å². The Morgan fingerprint density at radius 3 is 2.33 bits per heavy atom. The Morgan fingerprint density at radius 2 is 1.57 bits per heavy atom. The van der Waals surface area contributed by atoms with Gasteiger partial charge in [-0.25, -0.2) is 0 Å². The maximum Gasteiger partial charge on any atom is 0.0556 e. The largest absolute Gasteiger partial charge is 0.361 e. The van der Waals surface area contributed by atoms with Crippen LogP contribution in [0.5, 0.6) is 0 Å². The number of hydrogen-bond donors (Lipinski definition) is 1. The van der Waals surface area contributed by atoms with Gasteiger partial charge in [-0.1, -0.05) is 55.6 Å². The van der Waals surface area contributed by atoms with Crippen molar-refractivity contribution in [2.24, 2.45) is 0 Å². The second kappa shape index (κ2) is 4.74. The van der Waals surface area contributed by atoms with Gasteiger partial charge in [-0.2, -0.15) is 0 Å². The summed E-state index contributed by atoms with van der Waals surface area (Å²) in [7, 11) is -0.462. The van der Waals surface area contributed by atoms with Crippen LogP contribution in [0.1, 0.15) is 16.7 Å². The second-order valence-corrected chi connectivity index (χ2v) is 8.68. The molecule has 1 heterocycles. The summed E-state index contributed by atoms with van der Waals surface area (Å²) in [6.07, 6.45) is 2.01. The summed E-state index contributed by atoms with van der Waals surface area (Å²) in [5.74, 6) is 0. The van der Waals surface area contributed by atoms with Crippen LogP contribution in [-0.4, -0.2) is 13.8 Å². The molecule has 0 fully saturated rings. The zero-order chi connectivity index (χ0) is 14.4. The molecule has 21 heavy (non-hydrogen) atoms. The average Bonchev–Trinajstić information content (AvgIpc) is 3.12. The first-order valence-corrected chi connectivity index (χ1v) is 10.0. The lowest BCUT2D eigenvalue weighted by Crippen LogP contribution is -2.15. The van der Waals surface area contributed by atoms with Crippen LogP contribution in [0.3, 0.4) is 0 Å². The SMILES string of the molecule is C[Si](C)C1c2ccccc2-c2cccc(-c3ccc[nH]3)c21. The van der Waals surface area contributed by atoms with Crippen molar-refractivity contribution in [3.63, 3.8) is 0 Å². The highest BCUT2D eigenvalue weighted by Gasteiger charge is 2.33. The van der Waals surface area contributed by atoms with Crippen molar-refractivity contribution in [3.8, 4) is 22.4 Å². The lowest BCUT2D eigenvalue weighted by molar-refractivity contribution is 1.15. The molecule has 2 heteroatoms. The zero-order valence-corrected chi connectivity index (χ0v) is 13.4. The van der Waals surface area contributed by atoms with Crippen LogP contribution >= 0.6 is 0 Å². The van der Waals surface area contributed by atoms with Gasteiger partial charge in [-0.3, -0.25) is 0 Å². The molecule has 0 spiro atoms. The van der Waals surface area contributed by atoms with Gasteiger partial charge in [0.15, 0.2) is 0 Å². The molecule has 2 aromatic carbocycles. The molecule has 4 rings (SSSR count). The highest BCUT2D eigenvalue weighted by atomic mass is 28.3. The number of hydrogen-bond acceptors (Lipinski definition) is 0. The predicted molar refractivity (Wildman–Crippen MR) is 91.0 cm³/mol. The minimum atomic E-state index is -0.462. The summed E-state index contributed by atoms with van der Waals surface area (Å²) in [4.78, 5) is 3.38. The number of benzene rings is 2. The molecule has 1 unspecified atom stereocenters. The highest BCUT2D eigenvalue weighted by molar-refractivity contribution is 6.59. The van der Waals surface area contributed by atoms with E-state index in [4.69, 9.17) is 0 Å². The summed E-state index contributed by atoms with van der Waals surface area (Å²) in [6, 6.07) is 19.9. The van der Waals surface area contributed by atoms with Gasteiger partial charge in [0.2, 0.25) is 0 Å². The molecule has 0 saturated carbocycles. The number of H-pyrrole nitrogens is 1. The molecule has 0 aliphatic heterocycles. The highest BCUT2D eigenvalue weighted by Crippen LogP contribution is 2.49. The smallest absolute Gasteiger partial charge is 0.0556 e. The van der Waals surface area contributed by atoms with Gasteiger partial charge in [-0.15, -0.1) is 0 Å². The van der Waals surface area contributed by atoms with E-state index in [1.807, 2.05) is 6.20 Å². The summed E-state index contributed by atoms with van der Waals surface area (Å²) < 4.78 is 0. The second-order valence-electron chi connectivity index (χ2n) is 5.95. The van der Waals surface area contributed by atoms with Crippen LogP contribution in [0.25, 0.3) is 22.4 Å². The Hall–Kier alpha value is -2.06. The van der Waals surface area contributed by atoms with E-state index in [1.54, 1.807) is 0 Å². The van der Waals surface area contributed by atoms with Crippen LogP contribution in [0.4, 0.5) is 0 Å². The Kier molecular flexibility index (Phi) is 2.86. The molecule has 0 amide bonds. The van der Waals surface area contributed by atoms with E-state index in [2.05, 4.69) is 72.7 Å². The normalized spacial score (nSPS) is 16.0. The van der Waals surface area contributed by atoms with Crippen molar-refractivity contribution in [3.05, 3.63) is 71.9 Å². The van der Waals surface area contributed by atoms with Crippen LogP contribution in [0, 0.1) is 0 Å². The van der Waals surface area contributed by atoms with Crippen molar-refractivity contribution in [2.45, 2.75) is 18.6 Å². The molecule has 103 valence electrons. The summed E-state index contributed by atoms with van der Waals surface area (Å²) in [5.41, 5.74) is 9.08. The average molecular weight is 288 g/mol. The van der Waals surface area contributed by atoms with Crippen molar-refractivity contribution >= 4 is 8.80 Å². The molecule has 0 bridgehead atoms. The Bertz CT molecular complexity index is 787. The summed E-state index contributed by atoms with van der Waals surface area (Å²) in [5, 5.41) is 0. The van der Waals surface area contributed by atoms with Crippen molar-refractivity contribution in [1.82, 2.24) is 4.98 Å². The Labute approximate surface area is 127 Å². The van der Waals surface area contributed by atoms with E-state index in [-0.39, 0.29) is 0 Å². The molecule has 0 saturated heterocycles. The van der Waals surface area contributed by atoms with E-state index >= 15 is 0 Å². The Balaban J connectivity index is 2.03. The van der Waals surface area contributed by atoms with E-state index < -0.39 is 8.80 Å². The predicted octanol–water partition coefficient (Wildman–Crippen LogP) is 5.09. The van der Waals surface area contributed by atoms with Crippen LogP contribution in [0.2, 0.25) is 13.1 Å². The molecule has 1 N–H and O–H groups in total. The molecule has 1 aliphatic carbocycles. The van der Waals surface area contributed by atoms with Crippen LogP contribution in [0.15, 0.2) is 60.8 Å². The van der Waals surface area contributed by atoms with E-state index in [0.717, 1.165) is 0 Å². The lowest BCUT2D eigenvalue weighted by atomic mass is 9.99. The standard InChI is InChI=1S/C19H18NSi/c1-21(2)19-15-8-4-3-7-13(15)14-9-5-10-16(18(14)19)17-11-6-12-20-17/h3-12,19-20H,1-2H3. The number of rotatable bonds is 2. The first kappa shape index (κ1) is 12.7. The van der Waals surface area contributed by atoms with Crippen molar-refractivity contribution in [1.29, 1.82) is 0 Å². The van der Waals surface area contributed by atoms with E-state index in [0.29, 0.717) is 5.54 Å². The molecule has 1 aliphatic rings. The Morgan fingerprint density at radius 1 is 0.810 bits per heavy atom. The van der Waals surface area contributed by atoms with Gasteiger partial charge >= 0.3 is 0 Å². The zero-order valence-electron chi connectivity index (χ0n) is 12.4. The minimum absolute atomic E-state index is 0.462. The molecule has 1 aromatic heterocycles. The number of aromatic nitrogens is 1. The van der Waals surface area contributed by atoms with Gasteiger partial charge in [-0.05, 0) is 34.4 Å². The first-order valence-electron chi connectivity index (χ1n) is 7.43. The van der Waals surface area contributed by atoms with Crippen LogP contribution in [-0.2, 0) is 0 Å². The maximum absolute atomic E-state index is 3.38. The fourth-order valence-corrected chi connectivity index (χ4v) is 5.36. The fraction of sp³-hybridized carbons (Fsp3) is 0.158. The fourth-order valence-electron chi connectivity index (χ4n) is 3.59. The van der Waals surface area contributed by atoms with Gasteiger partial charge in [0, 0.05) is 23.0 Å². The summed E-state index contributed by atoms with van der Waals surface area (Å²) in [6.45, 7) is 4.85. The molecule has 1 nitrogen and oxygen atoms in total. The van der Waals surface area contributed by atoms with Gasteiger partial charge in [0.05, 0.1) is 8.80 Å². The minimum Gasteiger partial charge on any atom is -0.361 e. The third-order valence-electron chi connectivity index (χ3n) is 4.42. The molecule has 3 aromatic rings. The van der Waals surface area contributed by atoms with Gasteiger partial charge in [0.25, 0.3) is 0 Å². The van der Waals surface area contributed by atoms with Crippen molar-refractivity contribution < 1.29 is 0 Å².